The minimum absolute atomic E-state index is 0. The van der Waals surface area contributed by atoms with E-state index in [2.05, 4.69) is 15.4 Å². The Kier molecular flexibility index (Phi) is 7.34. The molecule has 2 aromatic carbocycles. The number of rotatable bonds is 6. The van der Waals surface area contributed by atoms with E-state index >= 15 is 0 Å². The van der Waals surface area contributed by atoms with Gasteiger partial charge in [0.05, 0.1) is 11.3 Å². The smallest absolute Gasteiger partial charge is 0.264 e. The quantitative estimate of drug-likeness (QED) is 0.656. The maximum Gasteiger partial charge on any atom is 0.264 e. The van der Waals surface area contributed by atoms with Gasteiger partial charge in [-0.25, -0.2) is 17.2 Å². The van der Waals surface area contributed by atoms with Crippen molar-refractivity contribution in [3.8, 4) is 0 Å². The fraction of sp³-hybridized carbons (Fsp3) is 0.278. The van der Waals surface area contributed by atoms with Crippen molar-refractivity contribution in [2.45, 2.75) is 23.8 Å². The maximum atomic E-state index is 13.8. The van der Waals surface area contributed by atoms with Crippen LogP contribution in [0.5, 0.6) is 0 Å². The van der Waals surface area contributed by atoms with Crippen molar-refractivity contribution in [1.82, 2.24) is 10.6 Å². The first-order chi connectivity index (χ1) is 12.9. The van der Waals surface area contributed by atoms with Gasteiger partial charge in [-0.15, -0.1) is 12.4 Å². The summed E-state index contributed by atoms with van der Waals surface area (Å²) in [5.41, 5.74) is 0.0777. The van der Waals surface area contributed by atoms with Gasteiger partial charge in [0, 0.05) is 12.6 Å². The number of carbonyl (C=O) groups is 1. The summed E-state index contributed by atoms with van der Waals surface area (Å²) in [7, 11) is -4.41. The molecular weight excluding hydrogens is 412 g/mol. The first-order valence-electron chi connectivity index (χ1n) is 8.45. The average molecular weight is 432 g/mol. The third-order valence-corrected chi connectivity index (χ3v) is 5.65. The molecule has 6 nitrogen and oxygen atoms in total. The second kappa shape index (κ2) is 9.31. The van der Waals surface area contributed by atoms with E-state index in [4.69, 9.17) is 0 Å². The predicted octanol–water partition coefficient (Wildman–Crippen LogP) is 2.67. The maximum absolute atomic E-state index is 13.8. The normalized spacial score (nSPS) is 16.3. The molecule has 152 valence electrons. The van der Waals surface area contributed by atoms with Gasteiger partial charge in [0.2, 0.25) is 0 Å². The molecule has 28 heavy (non-hydrogen) atoms. The molecule has 1 atom stereocenters. The molecule has 1 fully saturated rings. The van der Waals surface area contributed by atoms with Gasteiger partial charge in [-0.2, -0.15) is 0 Å². The van der Waals surface area contributed by atoms with E-state index in [-0.39, 0.29) is 29.7 Å². The summed E-state index contributed by atoms with van der Waals surface area (Å²) in [5.74, 6) is -2.42. The molecule has 3 N–H and O–H groups in total. The number of para-hydroxylation sites is 1. The largest absolute Gasteiger partial charge is 0.350 e. The van der Waals surface area contributed by atoms with Crippen LogP contribution in [-0.4, -0.2) is 33.5 Å². The third kappa shape index (κ3) is 5.18. The van der Waals surface area contributed by atoms with Crippen molar-refractivity contribution in [2.24, 2.45) is 0 Å². The lowest BCUT2D eigenvalue weighted by atomic mass is 10.1. The predicted molar refractivity (Wildman–Crippen MR) is 104 cm³/mol. The van der Waals surface area contributed by atoms with Crippen molar-refractivity contribution in [2.75, 3.05) is 17.8 Å². The van der Waals surface area contributed by atoms with Gasteiger partial charge < -0.3 is 10.6 Å². The number of anilines is 1. The second-order valence-corrected chi connectivity index (χ2v) is 7.88. The topological polar surface area (TPSA) is 87.3 Å². The van der Waals surface area contributed by atoms with E-state index in [1.54, 1.807) is 6.07 Å². The molecule has 1 aliphatic rings. The molecule has 0 aliphatic carbocycles. The van der Waals surface area contributed by atoms with Crippen LogP contribution in [0.15, 0.2) is 47.4 Å². The molecule has 3 rings (SSSR count). The van der Waals surface area contributed by atoms with Gasteiger partial charge in [-0.3, -0.25) is 9.52 Å². The number of nitrogens with one attached hydrogen (secondary N) is 3. The van der Waals surface area contributed by atoms with Crippen LogP contribution in [-0.2, 0) is 10.0 Å². The molecule has 2 aromatic rings. The molecule has 0 radical (unpaired) electrons. The zero-order valence-corrected chi connectivity index (χ0v) is 16.4. The first kappa shape index (κ1) is 22.1. The van der Waals surface area contributed by atoms with Crippen LogP contribution in [0, 0.1) is 11.6 Å². The van der Waals surface area contributed by atoms with Crippen LogP contribution >= 0.6 is 12.4 Å². The number of amides is 1. The van der Waals surface area contributed by atoms with Gasteiger partial charge in [0.25, 0.3) is 15.9 Å². The second-order valence-electron chi connectivity index (χ2n) is 6.23. The Labute approximate surface area is 168 Å². The summed E-state index contributed by atoms with van der Waals surface area (Å²) in [4.78, 5) is 11.6. The van der Waals surface area contributed by atoms with Crippen molar-refractivity contribution < 1.29 is 22.0 Å². The minimum atomic E-state index is -4.41. The van der Waals surface area contributed by atoms with E-state index in [0.29, 0.717) is 12.6 Å². The highest BCUT2D eigenvalue weighted by Gasteiger charge is 2.23. The molecule has 1 amide bonds. The molecule has 1 aliphatic heterocycles. The van der Waals surface area contributed by atoms with Crippen LogP contribution in [0.25, 0.3) is 0 Å². The van der Waals surface area contributed by atoms with Crippen LogP contribution in [0.2, 0.25) is 0 Å². The van der Waals surface area contributed by atoms with Crippen molar-refractivity contribution in [1.29, 1.82) is 0 Å². The van der Waals surface area contributed by atoms with Gasteiger partial charge >= 0.3 is 0 Å². The number of halogens is 3. The Bertz CT molecular complexity index is 951. The lowest BCUT2D eigenvalue weighted by Gasteiger charge is -2.15. The fourth-order valence-electron chi connectivity index (χ4n) is 2.90. The molecule has 1 heterocycles. The molecule has 1 unspecified atom stereocenters. The van der Waals surface area contributed by atoms with Gasteiger partial charge in [-0.1, -0.05) is 12.1 Å². The SMILES string of the molecule is Cl.O=C(NCC1CCCN1)c1ccccc1NS(=O)(=O)c1cc(F)ccc1F. The molecule has 0 aromatic heterocycles. The Morgan fingerprint density at radius 3 is 2.64 bits per heavy atom. The third-order valence-electron chi connectivity index (χ3n) is 4.27. The number of sulfonamides is 1. The van der Waals surface area contributed by atoms with E-state index < -0.39 is 32.5 Å². The highest BCUT2D eigenvalue weighted by Crippen LogP contribution is 2.22. The molecule has 0 spiro atoms. The van der Waals surface area contributed by atoms with E-state index in [9.17, 15) is 22.0 Å². The molecule has 0 bridgehead atoms. The number of carbonyl (C=O) groups excluding carboxylic acids is 1. The molecular formula is C18H20ClF2N3O3S. The Balaban J connectivity index is 0.00000280. The highest BCUT2D eigenvalue weighted by atomic mass is 35.5. The summed E-state index contributed by atoms with van der Waals surface area (Å²) >= 11 is 0. The lowest BCUT2D eigenvalue weighted by molar-refractivity contribution is 0.0951. The number of hydrogen-bond acceptors (Lipinski definition) is 4. The number of hydrogen-bond donors (Lipinski definition) is 3. The summed E-state index contributed by atoms with van der Waals surface area (Å²) in [5, 5.41) is 6.00. The van der Waals surface area contributed by atoms with Crippen LogP contribution < -0.4 is 15.4 Å². The summed E-state index contributed by atoms with van der Waals surface area (Å²) in [6.07, 6.45) is 1.99. The standard InChI is InChI=1S/C18H19F2N3O3S.ClH/c19-12-7-8-15(20)17(10-12)27(25,26)23-16-6-2-1-5-14(16)18(24)22-11-13-4-3-9-21-13;/h1-2,5-8,10,13,21,23H,3-4,9,11H2,(H,22,24);1H. The molecule has 1 saturated heterocycles. The van der Waals surface area contributed by atoms with Crippen molar-refractivity contribution in [3.05, 3.63) is 59.7 Å². The highest BCUT2D eigenvalue weighted by molar-refractivity contribution is 7.92. The Morgan fingerprint density at radius 1 is 1.18 bits per heavy atom. The van der Waals surface area contributed by atoms with Gasteiger partial charge in [0.1, 0.15) is 16.5 Å². The van der Waals surface area contributed by atoms with Crippen LogP contribution in [0.4, 0.5) is 14.5 Å². The Hall–Kier alpha value is -2.23. The first-order valence-corrected chi connectivity index (χ1v) is 9.93. The fourth-order valence-corrected chi connectivity index (χ4v) is 4.07. The van der Waals surface area contributed by atoms with Crippen LogP contribution in [0.3, 0.4) is 0 Å². The van der Waals surface area contributed by atoms with Crippen molar-refractivity contribution >= 4 is 34.0 Å². The van der Waals surface area contributed by atoms with Gasteiger partial charge in [0.15, 0.2) is 0 Å². The van der Waals surface area contributed by atoms with Gasteiger partial charge in [-0.05, 0) is 49.7 Å². The Morgan fingerprint density at radius 2 is 1.93 bits per heavy atom. The summed E-state index contributed by atoms with van der Waals surface area (Å²) in [6, 6.07) is 8.29. The zero-order chi connectivity index (χ0) is 19.4. The van der Waals surface area contributed by atoms with Crippen molar-refractivity contribution in [3.63, 3.8) is 0 Å². The molecule has 0 saturated carbocycles. The van der Waals surface area contributed by atoms with Crippen LogP contribution in [0.1, 0.15) is 23.2 Å². The average Bonchev–Trinajstić information content (AvgIpc) is 3.15. The summed E-state index contributed by atoms with van der Waals surface area (Å²) in [6.45, 7) is 1.31. The number of benzene rings is 2. The molecule has 10 heteroatoms. The zero-order valence-electron chi connectivity index (χ0n) is 14.7. The monoisotopic (exact) mass is 431 g/mol. The lowest BCUT2D eigenvalue weighted by Crippen LogP contribution is -2.37. The van der Waals surface area contributed by atoms with E-state index in [1.165, 1.54) is 18.2 Å². The minimum Gasteiger partial charge on any atom is -0.350 e. The van der Waals surface area contributed by atoms with E-state index in [1.807, 2.05) is 0 Å². The summed E-state index contributed by atoms with van der Waals surface area (Å²) < 4.78 is 54.3. The van der Waals surface area contributed by atoms with E-state index in [0.717, 1.165) is 31.5 Å².